The van der Waals surface area contributed by atoms with Gasteiger partial charge in [-0.05, 0) is 13.5 Å². The molecule has 1 rings (SSSR count). The molecule has 1 atom stereocenters. The number of likely N-dealkylation sites (N-methyl/N-ethyl adjacent to an activating group) is 1. The molecular formula is C11H20N2OS. The van der Waals surface area contributed by atoms with Crippen LogP contribution in [0.15, 0.2) is 5.38 Å². The van der Waals surface area contributed by atoms with Crippen LogP contribution in [0.2, 0.25) is 0 Å². The van der Waals surface area contributed by atoms with E-state index in [0.29, 0.717) is 12.5 Å². The Hall–Kier alpha value is -0.450. The molecular weight excluding hydrogens is 208 g/mol. The minimum atomic E-state index is 0.483. The molecule has 1 N–H and O–H groups in total. The molecule has 0 aliphatic heterocycles. The fraction of sp³-hybridized carbons (Fsp3) is 0.727. The molecule has 1 aromatic rings. The highest BCUT2D eigenvalue weighted by Crippen LogP contribution is 2.18. The maximum absolute atomic E-state index is 5.33. The Morgan fingerprint density at radius 1 is 1.53 bits per heavy atom. The van der Waals surface area contributed by atoms with Gasteiger partial charge in [-0.2, -0.15) is 0 Å². The van der Waals surface area contributed by atoms with Crippen LogP contribution < -0.4 is 5.32 Å². The fourth-order valence-electron chi connectivity index (χ4n) is 1.27. The van der Waals surface area contributed by atoms with Gasteiger partial charge in [0.05, 0.1) is 12.3 Å². The van der Waals surface area contributed by atoms with Gasteiger partial charge in [-0.15, -0.1) is 11.3 Å². The molecule has 3 nitrogen and oxygen atoms in total. The Morgan fingerprint density at radius 2 is 2.33 bits per heavy atom. The molecule has 0 saturated heterocycles. The van der Waals surface area contributed by atoms with E-state index in [9.17, 15) is 0 Å². The van der Waals surface area contributed by atoms with E-state index >= 15 is 0 Å². The van der Waals surface area contributed by atoms with Gasteiger partial charge in [0.15, 0.2) is 0 Å². The summed E-state index contributed by atoms with van der Waals surface area (Å²) in [6.45, 7) is 9.73. The molecule has 0 aromatic carbocycles. The van der Waals surface area contributed by atoms with Crippen molar-refractivity contribution in [3.8, 4) is 0 Å². The summed E-state index contributed by atoms with van der Waals surface area (Å²) in [5, 5.41) is 6.55. The predicted molar refractivity (Wildman–Crippen MR) is 64.4 cm³/mol. The zero-order valence-electron chi connectivity index (χ0n) is 9.75. The normalized spacial score (nSPS) is 13.0. The smallest absolute Gasteiger partial charge is 0.119 e. The number of thiazole rings is 1. The van der Waals surface area contributed by atoms with Gasteiger partial charge in [0.1, 0.15) is 5.01 Å². The van der Waals surface area contributed by atoms with Gasteiger partial charge in [0.2, 0.25) is 0 Å². The van der Waals surface area contributed by atoms with E-state index in [2.05, 4.69) is 29.5 Å². The van der Waals surface area contributed by atoms with Crippen molar-refractivity contribution in [1.29, 1.82) is 0 Å². The van der Waals surface area contributed by atoms with Crippen molar-refractivity contribution in [3.05, 3.63) is 16.1 Å². The Morgan fingerprint density at radius 3 is 3.00 bits per heavy atom. The van der Waals surface area contributed by atoms with Gasteiger partial charge in [-0.1, -0.05) is 13.8 Å². The molecule has 0 amide bonds. The number of ether oxygens (including phenoxy) is 1. The highest BCUT2D eigenvalue weighted by atomic mass is 32.1. The Kier molecular flexibility index (Phi) is 5.83. The predicted octanol–water partition coefficient (Wildman–Crippen LogP) is 2.39. The van der Waals surface area contributed by atoms with Gasteiger partial charge in [0.25, 0.3) is 0 Å². The first-order valence-electron chi connectivity index (χ1n) is 5.50. The number of nitrogens with one attached hydrogen (secondary N) is 1. The molecule has 15 heavy (non-hydrogen) atoms. The van der Waals surface area contributed by atoms with Crippen LogP contribution in [-0.2, 0) is 11.3 Å². The Bertz CT molecular complexity index is 275. The van der Waals surface area contributed by atoms with E-state index < -0.39 is 0 Å². The van der Waals surface area contributed by atoms with Crippen molar-refractivity contribution >= 4 is 11.3 Å². The summed E-state index contributed by atoms with van der Waals surface area (Å²) in [4.78, 5) is 4.55. The number of aromatic nitrogens is 1. The average Bonchev–Trinajstić information content (AvgIpc) is 2.71. The zero-order chi connectivity index (χ0) is 11.1. The maximum Gasteiger partial charge on any atom is 0.119 e. The van der Waals surface area contributed by atoms with E-state index in [1.807, 2.05) is 6.92 Å². The lowest BCUT2D eigenvalue weighted by molar-refractivity contribution is 0.133. The lowest BCUT2D eigenvalue weighted by Gasteiger charge is -2.08. The molecule has 0 radical (unpaired) electrons. The summed E-state index contributed by atoms with van der Waals surface area (Å²) in [6.07, 6.45) is 0. The molecule has 1 unspecified atom stereocenters. The molecule has 4 heteroatoms. The molecule has 0 fully saturated rings. The van der Waals surface area contributed by atoms with Gasteiger partial charge in [-0.3, -0.25) is 0 Å². The number of hydrogen-bond acceptors (Lipinski definition) is 4. The van der Waals surface area contributed by atoms with Crippen LogP contribution in [0.1, 0.15) is 37.4 Å². The maximum atomic E-state index is 5.33. The van der Waals surface area contributed by atoms with E-state index in [4.69, 9.17) is 4.74 Å². The van der Waals surface area contributed by atoms with Crippen LogP contribution in [0, 0.1) is 0 Å². The summed E-state index contributed by atoms with van der Waals surface area (Å²) in [5.74, 6) is 0.483. The number of rotatable bonds is 7. The van der Waals surface area contributed by atoms with Crippen LogP contribution in [0.5, 0.6) is 0 Å². The first kappa shape index (κ1) is 12.6. The van der Waals surface area contributed by atoms with Crippen molar-refractivity contribution in [2.75, 3.05) is 19.7 Å². The second-order valence-corrected chi connectivity index (χ2v) is 4.45. The van der Waals surface area contributed by atoms with Crippen LogP contribution in [0.4, 0.5) is 0 Å². The molecule has 0 aliphatic rings. The van der Waals surface area contributed by atoms with Crippen LogP contribution >= 0.6 is 11.3 Å². The quantitative estimate of drug-likeness (QED) is 0.778. The fourth-order valence-corrected chi connectivity index (χ4v) is 2.12. The lowest BCUT2D eigenvalue weighted by atomic mass is 10.1. The topological polar surface area (TPSA) is 34.1 Å². The van der Waals surface area contributed by atoms with E-state index in [-0.39, 0.29) is 0 Å². The summed E-state index contributed by atoms with van der Waals surface area (Å²) in [5.41, 5.74) is 1.18. The van der Waals surface area contributed by atoms with Crippen molar-refractivity contribution < 1.29 is 4.74 Å². The Balaban J connectivity index is 2.43. The summed E-state index contributed by atoms with van der Waals surface area (Å²) in [7, 11) is 0. The third-order valence-electron chi connectivity index (χ3n) is 2.20. The van der Waals surface area contributed by atoms with Crippen LogP contribution in [0.25, 0.3) is 0 Å². The van der Waals surface area contributed by atoms with Crippen LogP contribution in [-0.4, -0.2) is 24.7 Å². The summed E-state index contributed by atoms with van der Waals surface area (Å²) < 4.78 is 5.33. The summed E-state index contributed by atoms with van der Waals surface area (Å²) in [6, 6.07) is 0. The molecule has 0 aliphatic carbocycles. The average molecular weight is 228 g/mol. The van der Waals surface area contributed by atoms with Gasteiger partial charge in [0, 0.05) is 24.4 Å². The standard InChI is InChI=1S/C11H20N2OS/c1-4-12-6-9(3)10-8-15-11(13-10)7-14-5-2/h8-9,12H,4-7H2,1-3H3. The minimum Gasteiger partial charge on any atom is -0.375 e. The minimum absolute atomic E-state index is 0.483. The molecule has 1 aromatic heterocycles. The van der Waals surface area contributed by atoms with E-state index in [0.717, 1.165) is 24.7 Å². The largest absolute Gasteiger partial charge is 0.375 e. The van der Waals surface area contributed by atoms with Gasteiger partial charge in [-0.25, -0.2) is 4.98 Å². The Labute approximate surface area is 95.9 Å². The number of hydrogen-bond donors (Lipinski definition) is 1. The van der Waals surface area contributed by atoms with Crippen molar-refractivity contribution in [3.63, 3.8) is 0 Å². The monoisotopic (exact) mass is 228 g/mol. The molecule has 1 heterocycles. The molecule has 0 saturated carbocycles. The first-order chi connectivity index (χ1) is 7.27. The van der Waals surface area contributed by atoms with Crippen molar-refractivity contribution in [1.82, 2.24) is 10.3 Å². The van der Waals surface area contributed by atoms with Gasteiger partial charge >= 0.3 is 0 Å². The summed E-state index contributed by atoms with van der Waals surface area (Å²) >= 11 is 1.69. The SMILES string of the molecule is CCNCC(C)c1csc(COCC)n1. The highest BCUT2D eigenvalue weighted by molar-refractivity contribution is 7.09. The van der Waals surface area contributed by atoms with Gasteiger partial charge < -0.3 is 10.1 Å². The van der Waals surface area contributed by atoms with Crippen molar-refractivity contribution in [2.24, 2.45) is 0 Å². The zero-order valence-corrected chi connectivity index (χ0v) is 10.6. The van der Waals surface area contributed by atoms with Crippen molar-refractivity contribution in [2.45, 2.75) is 33.3 Å². The molecule has 86 valence electrons. The highest BCUT2D eigenvalue weighted by Gasteiger charge is 2.09. The number of nitrogens with zero attached hydrogens (tertiary/aromatic N) is 1. The van der Waals surface area contributed by atoms with Crippen LogP contribution in [0.3, 0.4) is 0 Å². The lowest BCUT2D eigenvalue weighted by Crippen LogP contribution is -2.19. The first-order valence-corrected chi connectivity index (χ1v) is 6.38. The second kappa shape index (κ2) is 6.93. The van der Waals surface area contributed by atoms with E-state index in [1.54, 1.807) is 11.3 Å². The second-order valence-electron chi connectivity index (χ2n) is 3.51. The molecule has 0 bridgehead atoms. The molecule has 0 spiro atoms. The van der Waals surface area contributed by atoms with E-state index in [1.165, 1.54) is 5.69 Å². The third-order valence-corrected chi connectivity index (χ3v) is 3.05. The third kappa shape index (κ3) is 4.28.